The van der Waals surface area contributed by atoms with Crippen molar-refractivity contribution in [3.8, 4) is 0 Å². The fraction of sp³-hybridized carbons (Fsp3) is 0.400. The molecule has 0 fully saturated rings. The van der Waals surface area contributed by atoms with Crippen LogP contribution in [-0.4, -0.2) is 25.7 Å². The summed E-state index contributed by atoms with van der Waals surface area (Å²) in [5.74, 6) is -0.0931. The Balaban J connectivity index is 2.36. The van der Waals surface area contributed by atoms with Gasteiger partial charge in [0, 0.05) is 11.9 Å². The summed E-state index contributed by atoms with van der Waals surface area (Å²) in [6, 6.07) is 0. The fourth-order valence-corrected chi connectivity index (χ4v) is 2.20. The lowest BCUT2D eigenvalue weighted by Crippen LogP contribution is -2.22. The summed E-state index contributed by atoms with van der Waals surface area (Å²) < 4.78 is 21.8. The van der Waals surface area contributed by atoms with Crippen LogP contribution < -0.4 is 10.5 Å². The van der Waals surface area contributed by atoms with Gasteiger partial charge in [-0.1, -0.05) is 0 Å². The molecule has 0 atom stereocenters. The first kappa shape index (κ1) is 10.9. The number of halogens is 1. The molecule has 0 radical (unpaired) electrons. The molecule has 1 aromatic rings. The van der Waals surface area contributed by atoms with Gasteiger partial charge in [0.15, 0.2) is 5.13 Å². The van der Waals surface area contributed by atoms with Gasteiger partial charge in [-0.2, -0.15) is 0 Å². The molecule has 0 saturated heterocycles. The van der Waals surface area contributed by atoms with Crippen LogP contribution >= 0.6 is 27.3 Å². The maximum Gasteiger partial charge on any atom is 0.210 e. The first-order valence-corrected chi connectivity index (χ1v) is 6.71. The summed E-state index contributed by atoms with van der Waals surface area (Å²) in [4.78, 5) is 4.02. The van der Waals surface area contributed by atoms with Crippen LogP contribution in [0.4, 0.5) is 5.13 Å². The van der Waals surface area contributed by atoms with Gasteiger partial charge in [0.05, 0.1) is 5.75 Å². The molecule has 0 unspecified atom stereocenters. The van der Waals surface area contributed by atoms with Crippen molar-refractivity contribution in [1.82, 2.24) is 4.98 Å². The van der Waals surface area contributed by atoms with Gasteiger partial charge in [0.25, 0.3) is 0 Å². The quantitative estimate of drug-likeness (QED) is 0.849. The molecule has 1 rings (SSSR count). The Morgan fingerprint density at radius 2 is 2.38 bits per heavy atom. The van der Waals surface area contributed by atoms with Crippen LogP contribution in [0.3, 0.4) is 0 Å². The number of hydrogen-bond donors (Lipinski definition) is 2. The second-order valence-corrected chi connectivity index (χ2v) is 5.67. The number of aromatic nitrogens is 1. The SMILES string of the molecule is NS(=O)(=O)CCNc1nc(Br)cs1. The van der Waals surface area contributed by atoms with E-state index in [1.807, 2.05) is 0 Å². The lowest BCUT2D eigenvalue weighted by molar-refractivity contribution is 0.598. The number of nitrogens with zero attached hydrogens (tertiary/aromatic N) is 1. The molecule has 1 heterocycles. The van der Waals surface area contributed by atoms with Crippen molar-refractivity contribution in [2.45, 2.75) is 0 Å². The summed E-state index contributed by atoms with van der Waals surface area (Å²) in [6.07, 6.45) is 0. The predicted molar refractivity (Wildman–Crippen MR) is 56.3 cm³/mol. The average Bonchev–Trinajstić information content (AvgIpc) is 2.33. The van der Waals surface area contributed by atoms with Crippen molar-refractivity contribution in [1.29, 1.82) is 0 Å². The van der Waals surface area contributed by atoms with Crippen LogP contribution in [0.1, 0.15) is 0 Å². The van der Waals surface area contributed by atoms with Gasteiger partial charge >= 0.3 is 0 Å². The zero-order valence-corrected chi connectivity index (χ0v) is 9.75. The highest BCUT2D eigenvalue weighted by Crippen LogP contribution is 2.18. The minimum absolute atomic E-state index is 0.0931. The standard InChI is InChI=1S/C5H8BrN3O2S2/c6-4-3-12-5(9-4)8-1-2-13(7,10)11/h3H,1-2H2,(H,8,9)(H2,7,10,11). The molecule has 13 heavy (non-hydrogen) atoms. The highest BCUT2D eigenvalue weighted by atomic mass is 79.9. The van der Waals surface area contributed by atoms with E-state index in [1.165, 1.54) is 11.3 Å². The fourth-order valence-electron chi connectivity index (χ4n) is 0.636. The number of anilines is 1. The van der Waals surface area contributed by atoms with E-state index in [0.29, 0.717) is 5.13 Å². The van der Waals surface area contributed by atoms with Gasteiger partial charge in [-0.15, -0.1) is 11.3 Å². The summed E-state index contributed by atoms with van der Waals surface area (Å²) in [5, 5.41) is 10.1. The Labute approximate surface area is 88.5 Å². The molecule has 0 amide bonds. The zero-order chi connectivity index (χ0) is 9.90. The van der Waals surface area contributed by atoms with Crippen LogP contribution in [0, 0.1) is 0 Å². The van der Waals surface area contributed by atoms with E-state index in [0.717, 1.165) is 4.60 Å². The number of sulfonamides is 1. The molecular formula is C5H8BrN3O2S2. The summed E-state index contributed by atoms with van der Waals surface area (Å²) >= 11 is 4.58. The van der Waals surface area contributed by atoms with E-state index in [4.69, 9.17) is 5.14 Å². The summed E-state index contributed by atoms with van der Waals surface area (Å²) in [6.45, 7) is 0.277. The average molecular weight is 286 g/mol. The van der Waals surface area contributed by atoms with E-state index in [1.54, 1.807) is 5.38 Å². The van der Waals surface area contributed by atoms with Crippen LogP contribution in [-0.2, 0) is 10.0 Å². The van der Waals surface area contributed by atoms with E-state index in [9.17, 15) is 8.42 Å². The number of thiazole rings is 1. The van der Waals surface area contributed by atoms with Gasteiger partial charge in [0.2, 0.25) is 10.0 Å². The largest absolute Gasteiger partial charge is 0.360 e. The first-order chi connectivity index (χ1) is 5.97. The van der Waals surface area contributed by atoms with Gasteiger partial charge in [-0.05, 0) is 15.9 Å². The molecule has 0 bridgehead atoms. The van der Waals surface area contributed by atoms with Gasteiger partial charge in [-0.3, -0.25) is 0 Å². The highest BCUT2D eigenvalue weighted by molar-refractivity contribution is 9.10. The molecule has 0 aliphatic heterocycles. The number of nitrogens with two attached hydrogens (primary N) is 1. The van der Waals surface area contributed by atoms with Crippen molar-refractivity contribution < 1.29 is 8.42 Å². The summed E-state index contributed by atoms with van der Waals surface area (Å²) in [5.41, 5.74) is 0. The molecule has 0 spiro atoms. The third-order valence-corrected chi connectivity index (χ3v) is 3.42. The number of rotatable bonds is 4. The number of primary sulfonamides is 1. The van der Waals surface area contributed by atoms with E-state index in [2.05, 4.69) is 26.2 Å². The van der Waals surface area contributed by atoms with E-state index < -0.39 is 10.0 Å². The Kier molecular flexibility index (Phi) is 3.65. The monoisotopic (exact) mass is 285 g/mol. The van der Waals surface area contributed by atoms with Crippen LogP contribution in [0.25, 0.3) is 0 Å². The lowest BCUT2D eigenvalue weighted by atomic mass is 10.7. The van der Waals surface area contributed by atoms with Gasteiger partial charge in [-0.25, -0.2) is 18.5 Å². The Hall–Kier alpha value is -0.180. The minimum atomic E-state index is -3.38. The third kappa shape index (κ3) is 4.55. The molecule has 1 aromatic heterocycles. The van der Waals surface area contributed by atoms with Crippen molar-refractivity contribution in [2.75, 3.05) is 17.6 Å². The molecule has 0 saturated carbocycles. The van der Waals surface area contributed by atoms with Crippen LogP contribution in [0.5, 0.6) is 0 Å². The lowest BCUT2D eigenvalue weighted by Gasteiger charge is -1.99. The van der Waals surface area contributed by atoms with Crippen LogP contribution in [0.15, 0.2) is 9.98 Å². The van der Waals surface area contributed by atoms with Gasteiger partial charge < -0.3 is 5.32 Å². The van der Waals surface area contributed by atoms with Gasteiger partial charge in [0.1, 0.15) is 4.60 Å². The van der Waals surface area contributed by atoms with Crippen molar-refractivity contribution in [2.24, 2.45) is 5.14 Å². The molecular weight excluding hydrogens is 278 g/mol. The van der Waals surface area contributed by atoms with Crippen LogP contribution in [0.2, 0.25) is 0 Å². The van der Waals surface area contributed by atoms with E-state index in [-0.39, 0.29) is 12.3 Å². The second kappa shape index (κ2) is 4.36. The first-order valence-electron chi connectivity index (χ1n) is 3.33. The normalized spacial score (nSPS) is 11.5. The zero-order valence-electron chi connectivity index (χ0n) is 6.53. The molecule has 74 valence electrons. The minimum Gasteiger partial charge on any atom is -0.360 e. The molecule has 5 nitrogen and oxygen atoms in total. The second-order valence-electron chi connectivity index (χ2n) is 2.27. The maximum absolute atomic E-state index is 10.5. The van der Waals surface area contributed by atoms with Crippen molar-refractivity contribution in [3.63, 3.8) is 0 Å². The smallest absolute Gasteiger partial charge is 0.210 e. The molecule has 8 heteroatoms. The Bertz CT molecular complexity index is 375. The molecule has 0 aliphatic rings. The summed E-state index contributed by atoms with van der Waals surface area (Å²) in [7, 11) is -3.38. The highest BCUT2D eigenvalue weighted by Gasteiger charge is 2.03. The Morgan fingerprint density at radius 1 is 1.69 bits per heavy atom. The topological polar surface area (TPSA) is 85.1 Å². The number of nitrogens with one attached hydrogen (secondary N) is 1. The molecule has 3 N–H and O–H groups in total. The third-order valence-electron chi connectivity index (χ3n) is 1.14. The predicted octanol–water partition coefficient (Wildman–Crippen LogP) is 0.606. The molecule has 0 aliphatic carbocycles. The van der Waals surface area contributed by atoms with Crippen molar-refractivity contribution in [3.05, 3.63) is 9.98 Å². The maximum atomic E-state index is 10.5. The van der Waals surface area contributed by atoms with E-state index >= 15 is 0 Å². The Morgan fingerprint density at radius 3 is 2.85 bits per heavy atom. The number of hydrogen-bond acceptors (Lipinski definition) is 5. The van der Waals surface area contributed by atoms with Crippen molar-refractivity contribution >= 4 is 42.4 Å². The molecule has 0 aromatic carbocycles.